The van der Waals surface area contributed by atoms with Crippen LogP contribution in [0.5, 0.6) is 0 Å². The molecule has 0 aliphatic heterocycles. The molecule has 0 radical (unpaired) electrons. The Morgan fingerprint density at radius 2 is 1.47 bits per heavy atom. The van der Waals surface area contributed by atoms with Gasteiger partial charge in [-0.15, -0.1) is 11.8 Å². The fraction of sp³-hybridized carbons (Fsp3) is 0.714. The van der Waals surface area contributed by atoms with Crippen LogP contribution >= 0.6 is 0 Å². The van der Waals surface area contributed by atoms with Gasteiger partial charge in [-0.25, -0.2) is 0 Å². The zero-order valence-electron chi connectivity index (χ0n) is 12.5. The van der Waals surface area contributed by atoms with Gasteiger partial charge in [0, 0.05) is 12.5 Å². The highest BCUT2D eigenvalue weighted by Crippen LogP contribution is 2.10. The summed E-state index contributed by atoms with van der Waals surface area (Å²) >= 11 is 0. The largest absolute Gasteiger partial charge is 0.465 e. The minimum atomic E-state index is -1.22. The summed E-state index contributed by atoms with van der Waals surface area (Å²) < 4.78 is 9.74. The van der Waals surface area contributed by atoms with Crippen molar-refractivity contribution in [2.24, 2.45) is 5.92 Å². The van der Waals surface area contributed by atoms with E-state index in [4.69, 9.17) is 9.47 Å². The van der Waals surface area contributed by atoms with Crippen LogP contribution < -0.4 is 0 Å². The zero-order chi connectivity index (χ0) is 14.9. The molecule has 0 amide bonds. The van der Waals surface area contributed by atoms with Gasteiger partial charge in [0.05, 0.1) is 21.3 Å². The van der Waals surface area contributed by atoms with Gasteiger partial charge < -0.3 is 9.47 Å². The summed E-state index contributed by atoms with van der Waals surface area (Å²) in [4.78, 5) is 23.3. The maximum atomic E-state index is 11.7. The van der Waals surface area contributed by atoms with E-state index in [9.17, 15) is 9.59 Å². The predicted octanol–water partition coefficient (Wildman–Crippen LogP) is 2.46. The van der Waals surface area contributed by atoms with Crippen molar-refractivity contribution in [3.63, 3.8) is 0 Å². The predicted molar refractivity (Wildman–Crippen MR) is 77.3 cm³/mol. The van der Waals surface area contributed by atoms with Crippen LogP contribution in [0.2, 0.25) is 25.7 Å². The van der Waals surface area contributed by atoms with Crippen LogP contribution in [0.25, 0.3) is 0 Å². The highest BCUT2D eigenvalue weighted by Gasteiger charge is 2.28. The van der Waals surface area contributed by atoms with Gasteiger partial charge in [0.1, 0.15) is 0 Å². The zero-order valence-corrected chi connectivity index (χ0v) is 13.5. The topological polar surface area (TPSA) is 52.6 Å². The minimum absolute atomic E-state index is 0.169. The van der Waals surface area contributed by atoms with Gasteiger partial charge in [-0.2, -0.15) is 0 Å². The standard InChI is InChI=1S/C14H24O4Si/c1-6-17-13(15)12(14(16)18-7-2)10-8-9-11-19(3,4)5/h12H,6-7,10-11H2,1-5H3. The van der Waals surface area contributed by atoms with Crippen molar-refractivity contribution in [3.05, 3.63) is 0 Å². The average Bonchev–Trinajstić information content (AvgIpc) is 2.27. The SMILES string of the molecule is CCOC(=O)C(CC#CC[Si](C)(C)C)C(=O)OCC. The van der Waals surface area contributed by atoms with Gasteiger partial charge in [-0.3, -0.25) is 9.59 Å². The van der Waals surface area contributed by atoms with Crippen LogP contribution in [0.3, 0.4) is 0 Å². The molecule has 0 N–H and O–H groups in total. The molecule has 0 rings (SSSR count). The number of esters is 2. The molecule has 0 saturated carbocycles. The second-order valence-corrected chi connectivity index (χ2v) is 10.8. The second-order valence-electron chi connectivity index (χ2n) is 5.35. The summed E-state index contributed by atoms with van der Waals surface area (Å²) in [6, 6.07) is 0.853. The van der Waals surface area contributed by atoms with Crippen LogP contribution in [-0.4, -0.2) is 33.2 Å². The van der Waals surface area contributed by atoms with Crippen LogP contribution in [0.15, 0.2) is 0 Å². The molecule has 0 fully saturated rings. The molecular formula is C14H24O4Si. The fourth-order valence-electron chi connectivity index (χ4n) is 1.25. The monoisotopic (exact) mass is 284 g/mol. The van der Waals surface area contributed by atoms with E-state index in [-0.39, 0.29) is 19.6 Å². The first-order valence-corrected chi connectivity index (χ1v) is 10.3. The van der Waals surface area contributed by atoms with Gasteiger partial charge in [-0.05, 0) is 13.8 Å². The van der Waals surface area contributed by atoms with Crippen molar-refractivity contribution in [1.82, 2.24) is 0 Å². The van der Waals surface area contributed by atoms with E-state index >= 15 is 0 Å². The quantitative estimate of drug-likeness (QED) is 0.325. The van der Waals surface area contributed by atoms with Gasteiger partial charge in [-0.1, -0.05) is 19.6 Å². The van der Waals surface area contributed by atoms with Crippen LogP contribution in [0, 0.1) is 17.8 Å². The molecular weight excluding hydrogens is 260 g/mol. The molecule has 0 aliphatic carbocycles. The molecule has 108 valence electrons. The van der Waals surface area contributed by atoms with E-state index in [1.54, 1.807) is 13.8 Å². The fourth-order valence-corrected chi connectivity index (χ4v) is 1.91. The lowest BCUT2D eigenvalue weighted by Crippen LogP contribution is -2.27. The van der Waals surface area contributed by atoms with Crippen molar-refractivity contribution < 1.29 is 19.1 Å². The number of hydrogen-bond donors (Lipinski definition) is 0. The number of carbonyl (C=O) groups excluding carboxylic acids is 2. The third-order valence-electron chi connectivity index (χ3n) is 2.19. The Morgan fingerprint density at radius 1 is 1.00 bits per heavy atom. The molecule has 0 aromatic carbocycles. The van der Waals surface area contributed by atoms with E-state index in [1.165, 1.54) is 0 Å². The number of rotatable bonds is 6. The number of carbonyl (C=O) groups is 2. The first kappa shape index (κ1) is 17.7. The first-order chi connectivity index (χ1) is 8.81. The third-order valence-corrected chi connectivity index (χ3v) is 3.43. The minimum Gasteiger partial charge on any atom is -0.465 e. The van der Waals surface area contributed by atoms with E-state index in [0.717, 1.165) is 6.04 Å². The Hall–Kier alpha value is -1.28. The summed E-state index contributed by atoms with van der Waals surface area (Å²) in [7, 11) is -1.22. The van der Waals surface area contributed by atoms with E-state index in [1.807, 2.05) is 0 Å². The molecule has 0 atom stereocenters. The van der Waals surface area contributed by atoms with Gasteiger partial charge in [0.25, 0.3) is 0 Å². The molecule has 0 aliphatic rings. The Kier molecular flexibility index (Phi) is 8.16. The molecule has 0 bridgehead atoms. The van der Waals surface area contributed by atoms with E-state index < -0.39 is 25.9 Å². The third kappa shape index (κ3) is 8.44. The van der Waals surface area contributed by atoms with Crippen molar-refractivity contribution in [2.45, 2.75) is 46.0 Å². The average molecular weight is 284 g/mol. The van der Waals surface area contributed by atoms with Gasteiger partial charge in [0.2, 0.25) is 0 Å². The van der Waals surface area contributed by atoms with Crippen molar-refractivity contribution in [3.8, 4) is 11.8 Å². The lowest BCUT2D eigenvalue weighted by Gasteiger charge is -2.12. The Morgan fingerprint density at radius 3 is 1.84 bits per heavy atom. The summed E-state index contributed by atoms with van der Waals surface area (Å²) in [5, 5.41) is 0. The van der Waals surface area contributed by atoms with E-state index in [2.05, 4.69) is 31.5 Å². The summed E-state index contributed by atoms with van der Waals surface area (Å²) in [5.74, 6) is 3.92. The van der Waals surface area contributed by atoms with Crippen LogP contribution in [-0.2, 0) is 19.1 Å². The number of ether oxygens (including phenoxy) is 2. The highest BCUT2D eigenvalue weighted by atomic mass is 28.3. The first-order valence-electron chi connectivity index (χ1n) is 6.60. The highest BCUT2D eigenvalue weighted by molar-refractivity contribution is 6.76. The molecule has 5 heteroatoms. The Balaban J connectivity index is 4.59. The van der Waals surface area contributed by atoms with Gasteiger partial charge >= 0.3 is 11.9 Å². The van der Waals surface area contributed by atoms with E-state index in [0.29, 0.717) is 0 Å². The molecule has 0 aromatic rings. The molecule has 0 saturated heterocycles. The molecule has 0 unspecified atom stereocenters. The summed E-state index contributed by atoms with van der Waals surface area (Å²) in [6.07, 6.45) is 0.169. The lowest BCUT2D eigenvalue weighted by atomic mass is 10.1. The van der Waals surface area contributed by atoms with Crippen LogP contribution in [0.1, 0.15) is 20.3 Å². The Labute approximate surface area is 116 Å². The smallest absolute Gasteiger partial charge is 0.321 e. The maximum absolute atomic E-state index is 11.7. The molecule has 0 heterocycles. The molecule has 0 aromatic heterocycles. The second kappa shape index (κ2) is 8.76. The van der Waals surface area contributed by atoms with Crippen molar-refractivity contribution >= 4 is 20.0 Å². The molecule has 0 spiro atoms. The normalized spacial score (nSPS) is 10.6. The maximum Gasteiger partial charge on any atom is 0.321 e. The Bertz CT molecular complexity index is 342. The van der Waals surface area contributed by atoms with Crippen molar-refractivity contribution in [1.29, 1.82) is 0 Å². The summed E-state index contributed by atoms with van der Waals surface area (Å²) in [5.41, 5.74) is 0. The summed E-state index contributed by atoms with van der Waals surface area (Å²) in [6.45, 7) is 10.6. The van der Waals surface area contributed by atoms with Crippen LogP contribution in [0.4, 0.5) is 0 Å². The van der Waals surface area contributed by atoms with Gasteiger partial charge in [0.15, 0.2) is 5.92 Å². The van der Waals surface area contributed by atoms with Crippen molar-refractivity contribution in [2.75, 3.05) is 13.2 Å². The lowest BCUT2D eigenvalue weighted by molar-refractivity contribution is -0.161. The molecule has 19 heavy (non-hydrogen) atoms. The number of hydrogen-bond acceptors (Lipinski definition) is 4. The molecule has 4 nitrogen and oxygen atoms in total.